The van der Waals surface area contributed by atoms with Crippen molar-refractivity contribution in [2.24, 2.45) is 10.7 Å². The van der Waals surface area contributed by atoms with Crippen LogP contribution in [0.3, 0.4) is 0 Å². The van der Waals surface area contributed by atoms with E-state index in [0.717, 1.165) is 29.5 Å². The van der Waals surface area contributed by atoms with Gasteiger partial charge < -0.3 is 15.6 Å². The maximum atomic E-state index is 13.2. The molecule has 2 aliphatic heterocycles. The summed E-state index contributed by atoms with van der Waals surface area (Å²) >= 11 is 13.2. The first-order valence-corrected chi connectivity index (χ1v) is 12.1. The van der Waals surface area contributed by atoms with Crippen LogP contribution in [0, 0.1) is 0 Å². The number of hydrogen-bond donors (Lipinski definition) is 2. The molecule has 4 rings (SSSR count). The van der Waals surface area contributed by atoms with Crippen LogP contribution in [-0.2, 0) is 19.9 Å². The van der Waals surface area contributed by atoms with Crippen molar-refractivity contribution in [1.29, 1.82) is 0 Å². The van der Waals surface area contributed by atoms with Gasteiger partial charge in [0.05, 0.1) is 23.1 Å². The molecule has 2 aromatic rings. The Morgan fingerprint density at radius 2 is 1.81 bits per heavy atom. The number of guanidine groups is 1. The number of ether oxygens (including phenoxy) is 1. The molecular formula is C25H26Cl2F3N3O4. The van der Waals surface area contributed by atoms with E-state index in [4.69, 9.17) is 48.6 Å². The molecule has 0 bridgehead atoms. The zero-order chi connectivity index (χ0) is 27.5. The molecule has 0 saturated carbocycles. The average molecular weight is 560 g/mol. The smallest absolute Gasteiger partial charge is 0.475 e. The van der Waals surface area contributed by atoms with Gasteiger partial charge in [-0.2, -0.15) is 13.2 Å². The van der Waals surface area contributed by atoms with Crippen LogP contribution < -0.4 is 5.73 Å². The summed E-state index contributed by atoms with van der Waals surface area (Å²) in [4.78, 5) is 28.5. The largest absolute Gasteiger partial charge is 0.490 e. The molecule has 37 heavy (non-hydrogen) atoms. The highest BCUT2D eigenvalue weighted by atomic mass is 35.5. The van der Waals surface area contributed by atoms with E-state index >= 15 is 0 Å². The Morgan fingerprint density at radius 3 is 2.38 bits per heavy atom. The lowest BCUT2D eigenvalue weighted by Crippen LogP contribution is -2.56. The highest BCUT2D eigenvalue weighted by Crippen LogP contribution is 2.43. The van der Waals surface area contributed by atoms with Gasteiger partial charge in [-0.15, -0.1) is 0 Å². The van der Waals surface area contributed by atoms with Gasteiger partial charge in [-0.1, -0.05) is 59.6 Å². The molecule has 0 aromatic heterocycles. The minimum atomic E-state index is -5.08. The number of aliphatic carboxylic acids is 1. The third-order valence-electron chi connectivity index (χ3n) is 6.18. The van der Waals surface area contributed by atoms with Crippen LogP contribution in [0.1, 0.15) is 38.7 Å². The van der Waals surface area contributed by atoms with Gasteiger partial charge in [0.15, 0.2) is 5.96 Å². The second kappa shape index (κ2) is 11.3. The van der Waals surface area contributed by atoms with Gasteiger partial charge in [-0.25, -0.2) is 9.79 Å². The predicted octanol–water partition coefficient (Wildman–Crippen LogP) is 5.62. The normalized spacial score (nSPS) is 24.1. The summed E-state index contributed by atoms with van der Waals surface area (Å²) in [7, 11) is 0. The van der Waals surface area contributed by atoms with E-state index in [2.05, 4.69) is 0 Å². The molecule has 1 saturated heterocycles. The molecule has 0 spiro atoms. The molecule has 0 unspecified atom stereocenters. The van der Waals surface area contributed by atoms with E-state index in [9.17, 15) is 18.0 Å². The maximum Gasteiger partial charge on any atom is 0.490 e. The first-order valence-electron chi connectivity index (χ1n) is 11.4. The summed E-state index contributed by atoms with van der Waals surface area (Å²) in [5.74, 6) is -2.55. The lowest BCUT2D eigenvalue weighted by atomic mass is 9.85. The number of rotatable bonds is 3. The number of aliphatic imine (C=N–C) groups is 1. The molecule has 3 atom stereocenters. The molecule has 7 nitrogen and oxygen atoms in total. The van der Waals surface area contributed by atoms with Crippen LogP contribution in [0.2, 0.25) is 10.0 Å². The SMILES string of the molecule is C[C@H]1C[C@@H](N2C(=O)C[C@@](C)(c3cccc(-c4ccccc4Cl)c3Cl)N=C2N)CCO1.O=C(O)C(F)(F)F. The van der Waals surface area contributed by atoms with Crippen molar-refractivity contribution < 1.29 is 32.6 Å². The predicted molar refractivity (Wildman–Crippen MR) is 134 cm³/mol. The molecule has 0 aliphatic carbocycles. The molecule has 2 aromatic carbocycles. The van der Waals surface area contributed by atoms with Crippen LogP contribution >= 0.6 is 23.2 Å². The maximum absolute atomic E-state index is 13.2. The van der Waals surface area contributed by atoms with Crippen molar-refractivity contribution in [1.82, 2.24) is 4.90 Å². The number of amides is 1. The number of alkyl halides is 3. The van der Waals surface area contributed by atoms with E-state index in [1.54, 1.807) is 4.90 Å². The molecule has 200 valence electrons. The van der Waals surface area contributed by atoms with Crippen molar-refractivity contribution in [3.8, 4) is 11.1 Å². The monoisotopic (exact) mass is 559 g/mol. The number of carbonyl (C=O) groups is 2. The number of hydrogen-bond acceptors (Lipinski definition) is 5. The average Bonchev–Trinajstić information content (AvgIpc) is 2.79. The Hall–Kier alpha value is -2.82. The summed E-state index contributed by atoms with van der Waals surface area (Å²) < 4.78 is 37.3. The number of nitrogens with zero attached hydrogens (tertiary/aromatic N) is 2. The van der Waals surface area contributed by atoms with Gasteiger partial charge in [0, 0.05) is 28.8 Å². The van der Waals surface area contributed by atoms with Gasteiger partial charge in [0.25, 0.3) is 0 Å². The molecular weight excluding hydrogens is 534 g/mol. The molecule has 0 radical (unpaired) electrons. The van der Waals surface area contributed by atoms with Gasteiger partial charge >= 0.3 is 12.1 Å². The van der Waals surface area contributed by atoms with Crippen LogP contribution in [-0.4, -0.2) is 52.8 Å². The van der Waals surface area contributed by atoms with Crippen LogP contribution in [0.4, 0.5) is 13.2 Å². The Balaban J connectivity index is 0.000000479. The first kappa shape index (κ1) is 28.7. The minimum Gasteiger partial charge on any atom is -0.475 e. The van der Waals surface area contributed by atoms with Gasteiger partial charge in [0.2, 0.25) is 5.91 Å². The van der Waals surface area contributed by atoms with Crippen LogP contribution in [0.5, 0.6) is 0 Å². The van der Waals surface area contributed by atoms with Crippen LogP contribution in [0.15, 0.2) is 47.5 Å². The standard InChI is InChI=1S/C23H25Cl2N3O2.C2HF3O2/c1-14-12-15(10-11-30-14)28-20(29)13-23(2,27-22(28)26)18-8-5-7-17(21(18)25)16-6-3-4-9-19(16)24;3-2(4,5)1(6)7/h3-9,14-15H,10-13H2,1-2H3,(H2,26,27);(H,6,7)/t14-,15-,23-;/m0./s1. The van der Waals surface area contributed by atoms with E-state index < -0.39 is 17.7 Å². The number of carbonyl (C=O) groups excluding carboxylic acids is 1. The van der Waals surface area contributed by atoms with E-state index in [1.165, 1.54) is 0 Å². The fourth-order valence-electron chi connectivity index (χ4n) is 4.44. The number of nitrogens with two attached hydrogens (primary N) is 1. The van der Waals surface area contributed by atoms with E-state index in [1.807, 2.05) is 56.3 Å². The Morgan fingerprint density at radius 1 is 1.19 bits per heavy atom. The molecule has 3 N–H and O–H groups in total. The highest BCUT2D eigenvalue weighted by molar-refractivity contribution is 6.37. The summed E-state index contributed by atoms with van der Waals surface area (Å²) in [6.45, 7) is 4.53. The Labute approximate surface area is 222 Å². The fraction of sp³-hybridized carbons (Fsp3) is 0.400. The van der Waals surface area contributed by atoms with E-state index in [0.29, 0.717) is 16.7 Å². The minimum absolute atomic E-state index is 0.0134. The van der Waals surface area contributed by atoms with Gasteiger partial charge in [0.1, 0.15) is 0 Å². The number of carboxylic acids is 1. The third-order valence-corrected chi connectivity index (χ3v) is 6.92. The summed E-state index contributed by atoms with van der Waals surface area (Å²) in [5, 5.41) is 8.27. The van der Waals surface area contributed by atoms with Crippen molar-refractivity contribution >= 4 is 41.0 Å². The van der Waals surface area contributed by atoms with Crippen molar-refractivity contribution in [3.05, 3.63) is 58.1 Å². The topological polar surface area (TPSA) is 105 Å². The number of carboxylic acid groups (broad SMARTS) is 1. The first-order chi connectivity index (χ1) is 17.2. The molecule has 1 amide bonds. The number of halogens is 5. The van der Waals surface area contributed by atoms with Crippen molar-refractivity contribution in [3.63, 3.8) is 0 Å². The molecule has 2 heterocycles. The zero-order valence-electron chi connectivity index (χ0n) is 20.1. The fourth-order valence-corrected chi connectivity index (χ4v) is 5.11. The number of benzene rings is 2. The van der Waals surface area contributed by atoms with Gasteiger partial charge in [-0.3, -0.25) is 9.69 Å². The third kappa shape index (κ3) is 6.55. The molecule has 2 aliphatic rings. The summed E-state index contributed by atoms with van der Waals surface area (Å²) in [5.41, 5.74) is 7.90. The van der Waals surface area contributed by atoms with Crippen molar-refractivity contribution in [2.75, 3.05) is 6.61 Å². The lowest BCUT2D eigenvalue weighted by Gasteiger charge is -2.41. The molecule has 1 fully saturated rings. The van der Waals surface area contributed by atoms with E-state index in [-0.39, 0.29) is 30.4 Å². The Bertz CT molecular complexity index is 1210. The second-order valence-electron chi connectivity index (χ2n) is 8.99. The zero-order valence-corrected chi connectivity index (χ0v) is 21.6. The highest BCUT2D eigenvalue weighted by Gasteiger charge is 2.42. The van der Waals surface area contributed by atoms with Crippen molar-refractivity contribution in [2.45, 2.75) is 57.0 Å². The lowest BCUT2D eigenvalue weighted by molar-refractivity contribution is -0.192. The van der Waals surface area contributed by atoms with Gasteiger partial charge in [-0.05, 0) is 38.3 Å². The van der Waals surface area contributed by atoms with Crippen LogP contribution in [0.25, 0.3) is 11.1 Å². The Kier molecular flexibility index (Phi) is 8.77. The summed E-state index contributed by atoms with van der Waals surface area (Å²) in [6, 6.07) is 13.3. The quantitative estimate of drug-likeness (QED) is 0.507. The molecule has 12 heteroatoms. The second-order valence-corrected chi connectivity index (χ2v) is 9.78. The summed E-state index contributed by atoms with van der Waals surface area (Å²) in [6.07, 6.45) is -3.28.